The van der Waals surface area contributed by atoms with E-state index in [0.29, 0.717) is 26.3 Å². The molecule has 5 rings (SSSR count). The molecule has 5 nitrogen and oxygen atoms in total. The van der Waals surface area contributed by atoms with Crippen LogP contribution in [0.15, 0.2) is 18.2 Å². The number of aliphatic carboxylic acids is 1. The summed E-state index contributed by atoms with van der Waals surface area (Å²) in [5.41, 5.74) is 4.36. The first-order valence-electron chi connectivity index (χ1n) is 9.06. The van der Waals surface area contributed by atoms with Gasteiger partial charge in [0, 0.05) is 24.4 Å². The van der Waals surface area contributed by atoms with Gasteiger partial charge in [0.15, 0.2) is 0 Å². The molecule has 0 radical (unpaired) electrons. The molecule has 0 spiro atoms. The van der Waals surface area contributed by atoms with E-state index >= 15 is 0 Å². The van der Waals surface area contributed by atoms with Gasteiger partial charge < -0.3 is 14.7 Å². The maximum atomic E-state index is 11.9. The zero-order valence-corrected chi connectivity index (χ0v) is 14.4. The molecule has 130 valence electrons. The summed E-state index contributed by atoms with van der Waals surface area (Å²) in [6, 6.07) is 6.65. The van der Waals surface area contributed by atoms with Gasteiger partial charge in [0.05, 0.1) is 18.7 Å². The van der Waals surface area contributed by atoms with Gasteiger partial charge in [0.1, 0.15) is 11.2 Å². The first-order chi connectivity index (χ1) is 12.1. The Morgan fingerprint density at radius 1 is 1.32 bits per heavy atom. The van der Waals surface area contributed by atoms with Crippen molar-refractivity contribution in [3.63, 3.8) is 0 Å². The van der Waals surface area contributed by atoms with Crippen molar-refractivity contribution in [1.82, 2.24) is 4.98 Å². The molecule has 0 saturated carbocycles. The Morgan fingerprint density at radius 2 is 2.12 bits per heavy atom. The Bertz CT molecular complexity index is 894. The fourth-order valence-corrected chi connectivity index (χ4v) is 4.82. The number of aromatic nitrogens is 1. The van der Waals surface area contributed by atoms with Crippen LogP contribution in [0.5, 0.6) is 0 Å². The molecule has 0 unspecified atom stereocenters. The number of fused-ring (bicyclic) bond motifs is 3. The Balaban J connectivity index is 1.56. The van der Waals surface area contributed by atoms with E-state index in [9.17, 15) is 9.90 Å². The average Bonchev–Trinajstić information content (AvgIpc) is 3.26. The van der Waals surface area contributed by atoms with E-state index in [-0.39, 0.29) is 5.92 Å². The highest BCUT2D eigenvalue weighted by Gasteiger charge is 2.56. The van der Waals surface area contributed by atoms with Gasteiger partial charge in [0.25, 0.3) is 0 Å². The van der Waals surface area contributed by atoms with Gasteiger partial charge in [-0.2, -0.15) is 0 Å². The minimum Gasteiger partial charge on any atom is -0.481 e. The van der Waals surface area contributed by atoms with Crippen LogP contribution in [0.3, 0.4) is 0 Å². The molecule has 25 heavy (non-hydrogen) atoms. The number of carboxylic acids is 1. The summed E-state index contributed by atoms with van der Waals surface area (Å²) in [6.45, 7) is 4.15. The van der Waals surface area contributed by atoms with E-state index in [2.05, 4.69) is 30.0 Å². The van der Waals surface area contributed by atoms with Crippen LogP contribution < -0.4 is 4.90 Å². The highest BCUT2D eigenvalue weighted by Crippen LogP contribution is 2.43. The lowest BCUT2D eigenvalue weighted by molar-refractivity contribution is -0.149. The molecule has 3 heterocycles. The van der Waals surface area contributed by atoms with Crippen LogP contribution in [0.4, 0.5) is 5.82 Å². The van der Waals surface area contributed by atoms with Gasteiger partial charge in [-0.05, 0) is 61.1 Å². The van der Waals surface area contributed by atoms with Gasteiger partial charge in [-0.25, -0.2) is 4.98 Å². The van der Waals surface area contributed by atoms with Crippen molar-refractivity contribution in [3.05, 3.63) is 34.9 Å². The van der Waals surface area contributed by atoms with Crippen LogP contribution in [0, 0.1) is 18.3 Å². The summed E-state index contributed by atoms with van der Waals surface area (Å²) >= 11 is 0. The van der Waals surface area contributed by atoms with E-state index < -0.39 is 11.4 Å². The Labute approximate surface area is 146 Å². The molecule has 5 heteroatoms. The molecule has 0 amide bonds. The molecule has 2 aliphatic heterocycles. The Kier molecular flexibility index (Phi) is 3.14. The van der Waals surface area contributed by atoms with Crippen LogP contribution in [0.1, 0.15) is 23.1 Å². The Hall–Kier alpha value is -2.14. The summed E-state index contributed by atoms with van der Waals surface area (Å²) in [6.07, 6.45) is 3.54. The fourth-order valence-electron chi connectivity index (χ4n) is 4.82. The molecule has 2 saturated heterocycles. The second kappa shape index (κ2) is 5.18. The monoisotopic (exact) mass is 338 g/mol. The minimum absolute atomic E-state index is 0.0443. The van der Waals surface area contributed by atoms with Crippen LogP contribution in [-0.4, -0.2) is 42.4 Å². The van der Waals surface area contributed by atoms with Crippen molar-refractivity contribution >= 4 is 22.7 Å². The molecule has 1 aromatic heterocycles. The number of benzene rings is 1. The molecule has 0 bridgehead atoms. The van der Waals surface area contributed by atoms with E-state index in [1.165, 1.54) is 34.9 Å². The average molecular weight is 338 g/mol. The van der Waals surface area contributed by atoms with Crippen molar-refractivity contribution in [2.24, 2.45) is 11.3 Å². The zero-order valence-electron chi connectivity index (χ0n) is 14.4. The summed E-state index contributed by atoms with van der Waals surface area (Å²) in [5.74, 6) is 0.202. The first kappa shape index (κ1) is 15.1. The summed E-state index contributed by atoms with van der Waals surface area (Å²) in [7, 11) is 0. The first-order valence-corrected chi connectivity index (χ1v) is 9.06. The standard InChI is InChI=1S/C20H22N2O3/c1-12-5-18(21-17-7-14-4-2-3-13(14)6-16(12)17)22-8-15-9-25-11-20(15,10-22)19(23)24/h5-7,15H,2-4,8-11H2,1H3,(H,23,24)/t15-,20-/m1/s1. The number of hydrogen-bond donors (Lipinski definition) is 1. The van der Waals surface area contributed by atoms with E-state index in [0.717, 1.165) is 17.8 Å². The van der Waals surface area contributed by atoms with Crippen molar-refractivity contribution in [2.45, 2.75) is 26.2 Å². The maximum absolute atomic E-state index is 11.9. The van der Waals surface area contributed by atoms with Crippen molar-refractivity contribution in [3.8, 4) is 0 Å². The Morgan fingerprint density at radius 3 is 2.88 bits per heavy atom. The molecular formula is C20H22N2O3. The molecule has 1 N–H and O–H groups in total. The van der Waals surface area contributed by atoms with Crippen LogP contribution in [-0.2, 0) is 22.4 Å². The topological polar surface area (TPSA) is 62.7 Å². The highest BCUT2D eigenvalue weighted by atomic mass is 16.5. The number of carbonyl (C=O) groups is 1. The fraction of sp³-hybridized carbons (Fsp3) is 0.500. The summed E-state index contributed by atoms with van der Waals surface area (Å²) in [4.78, 5) is 18.9. The van der Waals surface area contributed by atoms with Gasteiger partial charge in [-0.15, -0.1) is 0 Å². The van der Waals surface area contributed by atoms with E-state index in [4.69, 9.17) is 9.72 Å². The molecule has 2 fully saturated rings. The van der Waals surface area contributed by atoms with Crippen molar-refractivity contribution in [2.75, 3.05) is 31.2 Å². The third-order valence-corrected chi connectivity index (χ3v) is 6.34. The highest BCUT2D eigenvalue weighted by molar-refractivity contribution is 5.86. The predicted molar refractivity (Wildman–Crippen MR) is 95.1 cm³/mol. The van der Waals surface area contributed by atoms with E-state index in [1.54, 1.807) is 0 Å². The number of hydrogen-bond acceptors (Lipinski definition) is 4. The van der Waals surface area contributed by atoms with Crippen molar-refractivity contribution in [1.29, 1.82) is 0 Å². The number of pyridine rings is 1. The van der Waals surface area contributed by atoms with Gasteiger partial charge in [-0.1, -0.05) is 0 Å². The summed E-state index contributed by atoms with van der Waals surface area (Å²) in [5, 5.41) is 11.0. The van der Waals surface area contributed by atoms with Gasteiger partial charge >= 0.3 is 5.97 Å². The molecule has 2 atom stereocenters. The zero-order chi connectivity index (χ0) is 17.2. The number of anilines is 1. The molecule has 3 aliphatic rings. The smallest absolute Gasteiger partial charge is 0.314 e. The number of aryl methyl sites for hydroxylation is 3. The van der Waals surface area contributed by atoms with Crippen LogP contribution in [0.2, 0.25) is 0 Å². The third kappa shape index (κ3) is 2.11. The predicted octanol–water partition coefficient (Wildman–Crippen LogP) is 2.57. The van der Waals surface area contributed by atoms with Crippen LogP contribution in [0.25, 0.3) is 10.9 Å². The largest absolute Gasteiger partial charge is 0.481 e. The lowest BCUT2D eigenvalue weighted by atomic mass is 9.81. The molecule has 1 aromatic carbocycles. The van der Waals surface area contributed by atoms with E-state index in [1.807, 2.05) is 0 Å². The second-order valence-electron chi connectivity index (χ2n) is 7.84. The quantitative estimate of drug-likeness (QED) is 0.912. The van der Waals surface area contributed by atoms with Gasteiger partial charge in [-0.3, -0.25) is 4.79 Å². The maximum Gasteiger partial charge on any atom is 0.314 e. The van der Waals surface area contributed by atoms with Crippen LogP contribution >= 0.6 is 0 Å². The number of rotatable bonds is 2. The SMILES string of the molecule is Cc1cc(N2C[C@@H]3COC[C@]3(C(=O)O)C2)nc2cc3c(cc12)CCC3. The second-order valence-corrected chi connectivity index (χ2v) is 7.84. The van der Waals surface area contributed by atoms with Crippen molar-refractivity contribution < 1.29 is 14.6 Å². The normalized spacial score (nSPS) is 27.7. The summed E-state index contributed by atoms with van der Waals surface area (Å²) < 4.78 is 5.48. The minimum atomic E-state index is -0.775. The molecule has 2 aromatic rings. The number of ether oxygens (including phenoxy) is 1. The third-order valence-electron chi connectivity index (χ3n) is 6.34. The number of carboxylic acid groups (broad SMARTS) is 1. The van der Waals surface area contributed by atoms with Gasteiger partial charge in [0.2, 0.25) is 0 Å². The lowest BCUT2D eigenvalue weighted by Gasteiger charge is -2.23. The lowest BCUT2D eigenvalue weighted by Crippen LogP contribution is -2.39. The molecule has 1 aliphatic carbocycles. The molecular weight excluding hydrogens is 316 g/mol. The number of nitrogens with zero attached hydrogens (tertiary/aromatic N) is 2.